The van der Waals surface area contributed by atoms with Gasteiger partial charge in [-0.25, -0.2) is 13.9 Å². The van der Waals surface area contributed by atoms with Gasteiger partial charge < -0.3 is 5.32 Å². The third kappa shape index (κ3) is 4.11. The molecule has 5 aromatic rings. The molecule has 0 aliphatic heterocycles. The van der Waals surface area contributed by atoms with E-state index in [1.807, 2.05) is 67.6 Å². The second-order valence-corrected chi connectivity index (χ2v) is 7.78. The van der Waals surface area contributed by atoms with Crippen LogP contribution >= 0.6 is 0 Å². The Kier molecular flexibility index (Phi) is 5.40. The van der Waals surface area contributed by atoms with E-state index in [4.69, 9.17) is 0 Å². The van der Waals surface area contributed by atoms with Crippen LogP contribution in [0.4, 0.5) is 4.39 Å². The first-order valence-electron chi connectivity index (χ1n) is 10.7. The number of hydrogen-bond donors (Lipinski definition) is 1. The first kappa shape index (κ1) is 20.6. The van der Waals surface area contributed by atoms with Gasteiger partial charge in [0.25, 0.3) is 5.91 Å². The van der Waals surface area contributed by atoms with E-state index in [-0.39, 0.29) is 17.6 Å². The number of halogens is 1. The molecule has 0 bridgehead atoms. The predicted molar refractivity (Wildman–Crippen MR) is 126 cm³/mol. The van der Waals surface area contributed by atoms with E-state index >= 15 is 0 Å². The van der Waals surface area contributed by atoms with Crippen LogP contribution in [-0.4, -0.2) is 20.5 Å². The monoisotopic (exact) mass is 436 g/mol. The van der Waals surface area contributed by atoms with Gasteiger partial charge in [-0.15, -0.1) is 0 Å². The number of hydrogen-bond acceptors (Lipinski definition) is 3. The minimum absolute atomic E-state index is 0.197. The molecule has 0 saturated carbocycles. The molecule has 0 saturated heterocycles. The number of nitrogens with one attached hydrogen (secondary N) is 1. The minimum atomic E-state index is -0.397. The zero-order valence-corrected chi connectivity index (χ0v) is 17.9. The van der Waals surface area contributed by atoms with Crippen molar-refractivity contribution in [2.45, 2.75) is 13.0 Å². The van der Waals surface area contributed by atoms with Crippen molar-refractivity contribution in [3.8, 4) is 22.5 Å². The molecular weight excluding hydrogens is 415 g/mol. The summed E-state index contributed by atoms with van der Waals surface area (Å²) in [5, 5.41) is 7.65. The summed E-state index contributed by atoms with van der Waals surface area (Å²) in [6.07, 6.45) is 0. The number of carbonyl (C=O) groups excluding carboxylic acids is 1. The number of nitrogens with zero attached hydrogens (tertiary/aromatic N) is 3. The zero-order chi connectivity index (χ0) is 22.8. The maximum Gasteiger partial charge on any atom is 0.270 e. The summed E-state index contributed by atoms with van der Waals surface area (Å²) < 4.78 is 16.3. The van der Waals surface area contributed by atoms with E-state index in [1.54, 1.807) is 34.8 Å². The van der Waals surface area contributed by atoms with E-state index in [2.05, 4.69) is 15.4 Å². The first-order valence-corrected chi connectivity index (χ1v) is 10.7. The molecule has 1 amide bonds. The molecule has 0 aliphatic carbocycles. The van der Waals surface area contributed by atoms with E-state index in [0.29, 0.717) is 22.6 Å². The molecule has 2 aromatic heterocycles. The molecule has 6 heteroatoms. The van der Waals surface area contributed by atoms with Gasteiger partial charge in [0.05, 0.1) is 17.4 Å². The average molecular weight is 436 g/mol. The van der Waals surface area contributed by atoms with Gasteiger partial charge in [-0.3, -0.25) is 4.79 Å². The summed E-state index contributed by atoms with van der Waals surface area (Å²) >= 11 is 0. The van der Waals surface area contributed by atoms with Crippen molar-refractivity contribution in [1.82, 2.24) is 19.9 Å². The number of amides is 1. The fourth-order valence-electron chi connectivity index (χ4n) is 3.80. The van der Waals surface area contributed by atoms with Crippen molar-refractivity contribution < 1.29 is 9.18 Å². The van der Waals surface area contributed by atoms with Gasteiger partial charge in [0.2, 0.25) is 0 Å². The maximum absolute atomic E-state index is 14.7. The van der Waals surface area contributed by atoms with E-state index in [9.17, 15) is 9.18 Å². The van der Waals surface area contributed by atoms with E-state index in [1.165, 1.54) is 6.07 Å². The van der Waals surface area contributed by atoms with Gasteiger partial charge in [0.15, 0.2) is 5.65 Å². The van der Waals surface area contributed by atoms with E-state index < -0.39 is 5.82 Å². The second kappa shape index (κ2) is 8.67. The molecule has 0 radical (unpaired) electrons. The molecule has 1 atom stereocenters. The van der Waals surface area contributed by atoms with Gasteiger partial charge >= 0.3 is 0 Å². The summed E-state index contributed by atoms with van der Waals surface area (Å²) in [4.78, 5) is 17.7. The lowest BCUT2D eigenvalue weighted by atomic mass is 10.1. The molecule has 5 nitrogen and oxygen atoms in total. The highest BCUT2D eigenvalue weighted by atomic mass is 19.1. The normalized spacial score (nSPS) is 11.9. The number of aromatic nitrogens is 3. The number of carbonyl (C=O) groups is 1. The van der Waals surface area contributed by atoms with Crippen LogP contribution in [0, 0.1) is 5.82 Å². The van der Waals surface area contributed by atoms with Crippen LogP contribution in [0.5, 0.6) is 0 Å². The summed E-state index contributed by atoms with van der Waals surface area (Å²) in [7, 11) is 0. The summed E-state index contributed by atoms with van der Waals surface area (Å²) in [5.74, 6) is -0.736. The van der Waals surface area contributed by atoms with E-state index in [0.717, 1.165) is 11.1 Å². The highest BCUT2D eigenvalue weighted by Gasteiger charge is 2.19. The molecule has 33 heavy (non-hydrogen) atoms. The molecule has 1 N–H and O–H groups in total. The minimum Gasteiger partial charge on any atom is -0.344 e. The summed E-state index contributed by atoms with van der Waals surface area (Å²) in [6, 6.07) is 29.0. The Hall–Kier alpha value is -4.32. The lowest BCUT2D eigenvalue weighted by Gasteiger charge is -2.15. The third-order valence-corrected chi connectivity index (χ3v) is 5.53. The highest BCUT2D eigenvalue weighted by molar-refractivity contribution is 5.94. The molecule has 3 aromatic carbocycles. The molecule has 0 aliphatic rings. The summed E-state index contributed by atoms with van der Waals surface area (Å²) in [5.41, 5.74) is 4.05. The van der Waals surface area contributed by atoms with Crippen molar-refractivity contribution in [2.24, 2.45) is 0 Å². The van der Waals surface area contributed by atoms with Gasteiger partial charge in [-0.05, 0) is 30.7 Å². The lowest BCUT2D eigenvalue weighted by molar-refractivity contribution is 0.0935. The van der Waals surface area contributed by atoms with Gasteiger partial charge in [0, 0.05) is 17.2 Å². The summed E-state index contributed by atoms with van der Waals surface area (Å²) in [6.45, 7) is 1.91. The number of fused-ring (bicyclic) bond motifs is 1. The molecule has 5 rings (SSSR count). The lowest BCUT2D eigenvalue weighted by Crippen LogP contribution is -2.27. The van der Waals surface area contributed by atoms with Crippen molar-refractivity contribution in [3.05, 3.63) is 114 Å². The fourth-order valence-corrected chi connectivity index (χ4v) is 3.80. The molecule has 0 spiro atoms. The van der Waals surface area contributed by atoms with Crippen LogP contribution in [0.25, 0.3) is 28.2 Å². The standard InChI is InChI=1S/C27H21FN4O/c1-18(19-10-4-2-5-11-19)29-27(33)24-16-25(21-14-8-9-15-22(21)28)32-26(30-24)17-23(31-32)20-12-6-3-7-13-20/h2-18H,1H3,(H,29,33)/t18-/m1/s1. The second-order valence-electron chi connectivity index (χ2n) is 7.78. The smallest absolute Gasteiger partial charge is 0.270 e. The van der Waals surface area contributed by atoms with Gasteiger partial charge in [0.1, 0.15) is 11.5 Å². The maximum atomic E-state index is 14.7. The number of rotatable bonds is 5. The van der Waals surface area contributed by atoms with Gasteiger partial charge in [-0.1, -0.05) is 72.8 Å². The molecule has 0 unspecified atom stereocenters. The Morgan fingerprint density at radius 2 is 1.58 bits per heavy atom. The molecule has 0 fully saturated rings. The molecule has 2 heterocycles. The first-order chi connectivity index (χ1) is 16.1. The van der Waals surface area contributed by atoms with Crippen molar-refractivity contribution >= 4 is 11.6 Å². The van der Waals surface area contributed by atoms with Gasteiger partial charge in [-0.2, -0.15) is 5.10 Å². The average Bonchev–Trinajstić information content (AvgIpc) is 3.29. The van der Waals surface area contributed by atoms with Crippen LogP contribution in [0.15, 0.2) is 97.1 Å². The Labute approximate surface area is 190 Å². The van der Waals surface area contributed by atoms with Crippen LogP contribution in [-0.2, 0) is 0 Å². The van der Waals surface area contributed by atoms with Crippen LogP contribution < -0.4 is 5.32 Å². The zero-order valence-electron chi connectivity index (χ0n) is 17.9. The van der Waals surface area contributed by atoms with Crippen LogP contribution in [0.2, 0.25) is 0 Å². The third-order valence-electron chi connectivity index (χ3n) is 5.53. The topological polar surface area (TPSA) is 59.3 Å². The van der Waals surface area contributed by atoms with Crippen LogP contribution in [0.1, 0.15) is 29.0 Å². The van der Waals surface area contributed by atoms with Crippen LogP contribution in [0.3, 0.4) is 0 Å². The Morgan fingerprint density at radius 3 is 2.30 bits per heavy atom. The van der Waals surface area contributed by atoms with Crippen molar-refractivity contribution in [3.63, 3.8) is 0 Å². The highest BCUT2D eigenvalue weighted by Crippen LogP contribution is 2.27. The molecular formula is C27H21FN4O. The number of benzene rings is 3. The Morgan fingerprint density at radius 1 is 0.909 bits per heavy atom. The quantitative estimate of drug-likeness (QED) is 0.385. The molecule has 162 valence electrons. The Balaban J connectivity index is 1.61. The Bertz CT molecular complexity index is 1430. The fraction of sp³-hybridized carbons (Fsp3) is 0.0741. The van der Waals surface area contributed by atoms with Crippen molar-refractivity contribution in [2.75, 3.05) is 0 Å². The SMILES string of the molecule is C[C@@H](NC(=O)c1cc(-c2ccccc2F)n2nc(-c3ccccc3)cc2n1)c1ccccc1. The van der Waals surface area contributed by atoms with Crippen molar-refractivity contribution in [1.29, 1.82) is 0 Å². The largest absolute Gasteiger partial charge is 0.344 e. The predicted octanol–water partition coefficient (Wildman–Crippen LogP) is 5.69.